The van der Waals surface area contributed by atoms with Gasteiger partial charge in [0.1, 0.15) is 0 Å². The first-order chi connectivity index (χ1) is 8.33. The lowest BCUT2D eigenvalue weighted by Crippen LogP contribution is -2.27. The predicted octanol–water partition coefficient (Wildman–Crippen LogP) is 1.00. The Labute approximate surface area is 100 Å². The lowest BCUT2D eigenvalue weighted by atomic mass is 10.1. The first kappa shape index (κ1) is 10.5. The highest BCUT2D eigenvalue weighted by molar-refractivity contribution is 5.72. The third-order valence-corrected chi connectivity index (χ3v) is 3.30. The van der Waals surface area contributed by atoms with Crippen LogP contribution >= 0.6 is 0 Å². The maximum atomic E-state index is 4.49. The topological polar surface area (TPSA) is 56.8 Å². The number of aromatic amines is 1. The van der Waals surface area contributed by atoms with Gasteiger partial charge in [-0.15, -0.1) is 0 Å². The second-order valence-electron chi connectivity index (χ2n) is 4.67. The summed E-state index contributed by atoms with van der Waals surface area (Å²) in [5.74, 6) is 1.63. The molecule has 17 heavy (non-hydrogen) atoms. The molecule has 1 fully saturated rings. The molecule has 0 aromatic carbocycles. The molecule has 2 N–H and O–H groups in total. The zero-order chi connectivity index (χ0) is 11.7. The second kappa shape index (κ2) is 4.33. The molecule has 0 aliphatic carbocycles. The molecular formula is C12H17N5. The minimum absolute atomic E-state index is 0.723. The van der Waals surface area contributed by atoms with E-state index in [1.54, 1.807) is 6.20 Å². The van der Waals surface area contributed by atoms with Crippen molar-refractivity contribution >= 4 is 17.1 Å². The van der Waals surface area contributed by atoms with Crippen LogP contribution < -0.4 is 10.2 Å². The molecule has 0 radical (unpaired) electrons. The van der Waals surface area contributed by atoms with Crippen molar-refractivity contribution in [3.8, 4) is 0 Å². The first-order valence-electron chi connectivity index (χ1n) is 6.05. The van der Waals surface area contributed by atoms with Gasteiger partial charge in [-0.2, -0.15) is 4.98 Å². The van der Waals surface area contributed by atoms with Crippen molar-refractivity contribution in [3.05, 3.63) is 18.3 Å². The maximum absolute atomic E-state index is 4.49. The van der Waals surface area contributed by atoms with Crippen molar-refractivity contribution in [1.29, 1.82) is 0 Å². The maximum Gasteiger partial charge on any atom is 0.205 e. The van der Waals surface area contributed by atoms with E-state index in [4.69, 9.17) is 0 Å². The number of nitrogens with one attached hydrogen (secondary N) is 2. The normalized spacial score (nSPS) is 19.9. The molecule has 1 aliphatic heterocycles. The molecule has 1 atom stereocenters. The lowest BCUT2D eigenvalue weighted by Gasteiger charge is -2.19. The van der Waals surface area contributed by atoms with Crippen molar-refractivity contribution in [2.75, 3.05) is 31.6 Å². The van der Waals surface area contributed by atoms with Gasteiger partial charge in [-0.3, -0.25) is 0 Å². The van der Waals surface area contributed by atoms with Crippen LogP contribution in [0.1, 0.15) is 6.42 Å². The molecule has 2 aromatic rings. The molecule has 3 rings (SSSR count). The summed E-state index contributed by atoms with van der Waals surface area (Å²) in [5.41, 5.74) is 1.79. The van der Waals surface area contributed by atoms with Gasteiger partial charge in [0.15, 0.2) is 5.65 Å². The van der Waals surface area contributed by atoms with Crippen LogP contribution in [0.25, 0.3) is 11.2 Å². The fraction of sp³-hybridized carbons (Fsp3) is 0.500. The summed E-state index contributed by atoms with van der Waals surface area (Å²) < 4.78 is 0. The number of pyridine rings is 1. The lowest BCUT2D eigenvalue weighted by molar-refractivity contribution is 0.574. The number of hydrogen-bond acceptors (Lipinski definition) is 4. The molecule has 0 unspecified atom stereocenters. The number of fused-ring (bicyclic) bond motifs is 1. The van der Waals surface area contributed by atoms with Gasteiger partial charge in [-0.1, -0.05) is 0 Å². The summed E-state index contributed by atoms with van der Waals surface area (Å²) in [4.78, 5) is 14.2. The van der Waals surface area contributed by atoms with Crippen molar-refractivity contribution < 1.29 is 0 Å². The molecule has 3 heterocycles. The van der Waals surface area contributed by atoms with Crippen LogP contribution in [0.15, 0.2) is 18.3 Å². The van der Waals surface area contributed by atoms with E-state index in [9.17, 15) is 0 Å². The second-order valence-corrected chi connectivity index (χ2v) is 4.67. The Bertz CT molecular complexity index is 467. The third kappa shape index (κ3) is 2.10. The van der Waals surface area contributed by atoms with Gasteiger partial charge in [0.25, 0.3) is 0 Å². The Balaban J connectivity index is 1.77. The Morgan fingerprint density at radius 1 is 1.53 bits per heavy atom. The van der Waals surface area contributed by atoms with Gasteiger partial charge in [0, 0.05) is 19.8 Å². The number of imidazole rings is 1. The predicted molar refractivity (Wildman–Crippen MR) is 68.1 cm³/mol. The van der Waals surface area contributed by atoms with Crippen LogP contribution in [-0.4, -0.2) is 41.6 Å². The van der Waals surface area contributed by atoms with Crippen molar-refractivity contribution in [1.82, 2.24) is 20.3 Å². The quantitative estimate of drug-likeness (QED) is 0.827. The number of H-pyrrole nitrogens is 1. The van der Waals surface area contributed by atoms with E-state index < -0.39 is 0 Å². The smallest absolute Gasteiger partial charge is 0.205 e. The number of nitrogens with zero attached hydrogens (tertiary/aromatic N) is 3. The first-order valence-corrected chi connectivity index (χ1v) is 6.05. The molecule has 0 amide bonds. The van der Waals surface area contributed by atoms with Gasteiger partial charge >= 0.3 is 0 Å². The van der Waals surface area contributed by atoms with Crippen molar-refractivity contribution in [2.45, 2.75) is 6.42 Å². The summed E-state index contributed by atoms with van der Waals surface area (Å²) in [6.07, 6.45) is 3.02. The molecule has 5 heteroatoms. The molecule has 2 aromatic heterocycles. The Morgan fingerprint density at radius 3 is 3.24 bits per heavy atom. The van der Waals surface area contributed by atoms with Crippen LogP contribution in [0.4, 0.5) is 5.95 Å². The highest BCUT2D eigenvalue weighted by Crippen LogP contribution is 2.16. The molecule has 1 aliphatic rings. The highest BCUT2D eigenvalue weighted by atomic mass is 15.3. The molecular weight excluding hydrogens is 214 g/mol. The summed E-state index contributed by atoms with van der Waals surface area (Å²) in [6, 6.07) is 3.93. The summed E-state index contributed by atoms with van der Waals surface area (Å²) in [6.45, 7) is 3.29. The van der Waals surface area contributed by atoms with Crippen LogP contribution in [0, 0.1) is 5.92 Å². The Hall–Kier alpha value is -1.62. The Morgan fingerprint density at radius 2 is 2.47 bits per heavy atom. The molecule has 0 spiro atoms. The number of anilines is 1. The number of aromatic nitrogens is 3. The van der Waals surface area contributed by atoms with Gasteiger partial charge in [0.05, 0.1) is 5.52 Å². The average molecular weight is 231 g/mol. The van der Waals surface area contributed by atoms with Crippen molar-refractivity contribution in [2.24, 2.45) is 5.92 Å². The molecule has 5 nitrogen and oxygen atoms in total. The average Bonchev–Trinajstić information content (AvgIpc) is 2.96. The fourth-order valence-corrected chi connectivity index (χ4v) is 2.36. The standard InChI is InChI=1S/C12H17N5/c1-17(8-9-4-6-13-7-9)12-15-10-3-2-5-14-11(10)16-12/h2-3,5,9,13H,4,6-8H2,1H3,(H,14,15,16)/t9-/m0/s1. The van der Waals surface area contributed by atoms with E-state index in [1.165, 1.54) is 6.42 Å². The minimum Gasteiger partial charge on any atom is -0.345 e. The van der Waals surface area contributed by atoms with Gasteiger partial charge in [-0.25, -0.2) is 4.98 Å². The van der Waals surface area contributed by atoms with Gasteiger partial charge < -0.3 is 15.2 Å². The zero-order valence-electron chi connectivity index (χ0n) is 9.98. The van der Waals surface area contributed by atoms with Gasteiger partial charge in [0.2, 0.25) is 5.95 Å². The van der Waals surface area contributed by atoms with E-state index >= 15 is 0 Å². The Kier molecular flexibility index (Phi) is 2.68. The van der Waals surface area contributed by atoms with Crippen LogP contribution in [0.2, 0.25) is 0 Å². The minimum atomic E-state index is 0.723. The van der Waals surface area contributed by atoms with Crippen LogP contribution in [0.5, 0.6) is 0 Å². The van der Waals surface area contributed by atoms with E-state index in [1.807, 2.05) is 12.1 Å². The molecule has 0 saturated carbocycles. The molecule has 1 saturated heterocycles. The number of hydrogen-bond donors (Lipinski definition) is 2. The summed E-state index contributed by atoms with van der Waals surface area (Å²) in [5, 5.41) is 3.39. The molecule has 90 valence electrons. The summed E-state index contributed by atoms with van der Waals surface area (Å²) in [7, 11) is 2.08. The largest absolute Gasteiger partial charge is 0.345 e. The highest BCUT2D eigenvalue weighted by Gasteiger charge is 2.18. The fourth-order valence-electron chi connectivity index (χ4n) is 2.36. The zero-order valence-corrected chi connectivity index (χ0v) is 9.98. The molecule has 0 bridgehead atoms. The van der Waals surface area contributed by atoms with E-state index in [0.29, 0.717) is 0 Å². The number of rotatable bonds is 3. The van der Waals surface area contributed by atoms with Crippen LogP contribution in [0.3, 0.4) is 0 Å². The monoisotopic (exact) mass is 231 g/mol. The van der Waals surface area contributed by atoms with E-state index in [0.717, 1.165) is 42.7 Å². The SMILES string of the molecule is CN(C[C@H]1CCNC1)c1nc2ncccc2[nH]1. The van der Waals surface area contributed by atoms with Gasteiger partial charge in [-0.05, 0) is 37.6 Å². The van der Waals surface area contributed by atoms with E-state index in [2.05, 4.69) is 32.2 Å². The van der Waals surface area contributed by atoms with Crippen LogP contribution in [-0.2, 0) is 0 Å². The van der Waals surface area contributed by atoms with E-state index in [-0.39, 0.29) is 0 Å². The van der Waals surface area contributed by atoms with Crippen molar-refractivity contribution in [3.63, 3.8) is 0 Å². The third-order valence-electron chi connectivity index (χ3n) is 3.30. The summed E-state index contributed by atoms with van der Waals surface area (Å²) >= 11 is 0.